The molecule has 1 aromatic heterocycles. The number of amides is 9. The molecule has 1 aromatic carbocycles. The number of hydrogen-bond acceptors (Lipinski definition) is 18. The number of aromatic hydroxyl groups is 1. The molecule has 412 valence electrons. The highest BCUT2D eigenvalue weighted by Gasteiger charge is 2.35. The fourth-order valence-electron chi connectivity index (χ4n) is 6.51. The number of carboxylic acids is 4. The summed E-state index contributed by atoms with van der Waals surface area (Å²) in [5.41, 5.74) is 11.3. The van der Waals surface area contributed by atoms with Gasteiger partial charge in [0, 0.05) is 44.0 Å². The first-order valence-electron chi connectivity index (χ1n) is 22.6. The Balaban J connectivity index is 2.40. The van der Waals surface area contributed by atoms with Crippen LogP contribution in [0, 0.1) is 0 Å². The van der Waals surface area contributed by atoms with Crippen LogP contribution in [0.1, 0.15) is 63.1 Å². The van der Waals surface area contributed by atoms with Crippen LogP contribution in [0.2, 0.25) is 0 Å². The second-order valence-corrected chi connectivity index (χ2v) is 16.6. The van der Waals surface area contributed by atoms with E-state index < -0.39 is 196 Å². The van der Waals surface area contributed by atoms with Crippen LogP contribution < -0.4 is 54.0 Å². The minimum absolute atomic E-state index is 0.164. The zero-order valence-corrected chi connectivity index (χ0v) is 40.0. The lowest BCUT2D eigenvalue weighted by molar-refractivity contribution is -0.143. The average Bonchev–Trinajstić information content (AvgIpc) is 3.86. The van der Waals surface area contributed by atoms with Crippen molar-refractivity contribution in [1.29, 1.82) is 0 Å². The number of imidazole rings is 1. The molecule has 0 aliphatic rings. The first-order chi connectivity index (χ1) is 35.2. The summed E-state index contributed by atoms with van der Waals surface area (Å²) in [6.45, 7) is -0.821. The SMILES string of the molecule is C[C@H](NC(=O)[C@H](CC(N)=O)NC(=O)[C@H](CCC(=O)O)NC(=O)[C@H](Cc1cnc[nH]1)NC(=O)[C@H](CCC(=O)O)NC(=O)[C@H](CO)NC(=O)[C@@H](N)CO)C(=O)N[C@@H](Cc1ccc(O)cc1)C(=O)N[C@@H](CCC(=O)O)C(=O)O. The fraction of sp³-hybridized carbons (Fsp3) is 0.488. The number of phenolic OH excluding ortho intramolecular Hbond substituents is 1. The highest BCUT2D eigenvalue weighted by atomic mass is 16.4. The minimum atomic E-state index is -1.96. The predicted molar refractivity (Wildman–Crippen MR) is 249 cm³/mol. The third-order valence-corrected chi connectivity index (χ3v) is 10.6. The van der Waals surface area contributed by atoms with Crippen LogP contribution in [0.5, 0.6) is 5.75 Å². The molecular weight excluding hydrogens is 1000 g/mol. The number of nitrogens with zero attached hydrogens (tertiary/aromatic N) is 1. The van der Waals surface area contributed by atoms with E-state index in [2.05, 4.69) is 47.2 Å². The van der Waals surface area contributed by atoms with Crippen molar-refractivity contribution in [2.45, 2.75) is 119 Å². The molecule has 1 heterocycles. The monoisotopic (exact) mass is 1060 g/mol. The molecule has 0 fully saturated rings. The van der Waals surface area contributed by atoms with Gasteiger partial charge in [0.25, 0.3) is 0 Å². The number of benzene rings is 1. The van der Waals surface area contributed by atoms with Crippen molar-refractivity contribution in [1.82, 2.24) is 52.5 Å². The third-order valence-electron chi connectivity index (χ3n) is 10.6. The van der Waals surface area contributed by atoms with Crippen LogP contribution in [-0.2, 0) is 75.2 Å². The summed E-state index contributed by atoms with van der Waals surface area (Å²) in [7, 11) is 0. The van der Waals surface area contributed by atoms with E-state index in [9.17, 15) is 87.9 Å². The molecule has 0 bridgehead atoms. The van der Waals surface area contributed by atoms with E-state index in [1.807, 2.05) is 5.32 Å². The van der Waals surface area contributed by atoms with Crippen molar-refractivity contribution in [2.24, 2.45) is 11.5 Å². The van der Waals surface area contributed by atoms with Gasteiger partial charge in [-0.05, 0) is 43.9 Å². The number of phenols is 1. The molecular formula is C43H60N12O20. The number of hydrogen-bond donors (Lipinski definition) is 18. The zero-order chi connectivity index (χ0) is 56.5. The number of carboxylic acid groups (broad SMARTS) is 4. The van der Waals surface area contributed by atoms with Gasteiger partial charge in [0.05, 0.1) is 26.0 Å². The Hall–Kier alpha value is -8.78. The van der Waals surface area contributed by atoms with Gasteiger partial charge in [-0.1, -0.05) is 12.1 Å². The molecule has 0 saturated heterocycles. The first-order valence-corrected chi connectivity index (χ1v) is 22.6. The summed E-state index contributed by atoms with van der Waals surface area (Å²) in [6, 6.07) is -10.4. The lowest BCUT2D eigenvalue weighted by Gasteiger charge is -2.27. The van der Waals surface area contributed by atoms with Crippen molar-refractivity contribution in [3.8, 4) is 5.75 Å². The van der Waals surface area contributed by atoms with Crippen LogP contribution in [0.25, 0.3) is 0 Å². The number of primary amides is 1. The Kier molecular flexibility index (Phi) is 25.7. The maximum atomic E-state index is 14.0. The van der Waals surface area contributed by atoms with Gasteiger partial charge in [-0.3, -0.25) is 57.5 Å². The topological polar surface area (TPSA) is 540 Å². The second-order valence-electron chi connectivity index (χ2n) is 16.6. The standard InChI is InChI=1S/C43H60N12O20/c1-19(35(66)52-27(12-20-2-4-22(58)5-3-20)40(71)51-26(43(74)75)8-11-34(64)65)48-39(70)29(14-31(45)59)54-38(69)24(6-9-32(60)61)49-41(72)28(13-21-15-46-18-47-21)53-37(68)25(7-10-33(62)63)50-42(73)30(17-57)55-36(67)23(44)16-56/h2-5,15,18-19,23-30,56-58H,6-14,16-17,44H2,1H3,(H2,45,59)(H,46,47)(H,48,70)(H,49,72)(H,50,73)(H,51,71)(H,52,66)(H,53,68)(H,54,69)(H,55,67)(H,60,61)(H,62,63)(H,64,65)(H,74,75)/t19-,23-,24-,25-,26-,27-,28-,29-,30-/m0/s1. The van der Waals surface area contributed by atoms with E-state index >= 15 is 0 Å². The number of carbonyl (C=O) groups excluding carboxylic acids is 9. The number of aliphatic hydroxyl groups is 2. The number of aromatic amines is 1. The summed E-state index contributed by atoms with van der Waals surface area (Å²) in [4.78, 5) is 172. The number of nitrogens with two attached hydrogens (primary N) is 2. The normalized spacial score (nSPS) is 14.5. The molecule has 0 aliphatic heterocycles. The van der Waals surface area contributed by atoms with Crippen LogP contribution in [0.15, 0.2) is 36.8 Å². The Labute approximate surface area is 424 Å². The molecule has 9 amide bonds. The Morgan fingerprint density at radius 3 is 1.40 bits per heavy atom. The van der Waals surface area contributed by atoms with Crippen molar-refractivity contribution in [2.75, 3.05) is 13.2 Å². The van der Waals surface area contributed by atoms with Gasteiger partial charge in [0.2, 0.25) is 53.2 Å². The summed E-state index contributed by atoms with van der Waals surface area (Å²) < 4.78 is 0. The van der Waals surface area contributed by atoms with Crippen molar-refractivity contribution in [3.63, 3.8) is 0 Å². The minimum Gasteiger partial charge on any atom is -0.508 e. The van der Waals surface area contributed by atoms with Gasteiger partial charge < -0.3 is 94.7 Å². The predicted octanol–water partition coefficient (Wildman–Crippen LogP) is -7.33. The van der Waals surface area contributed by atoms with Gasteiger partial charge in [0.15, 0.2) is 0 Å². The van der Waals surface area contributed by atoms with Crippen molar-refractivity contribution >= 4 is 77.0 Å². The first kappa shape index (κ1) is 62.3. The molecule has 0 unspecified atom stereocenters. The van der Waals surface area contributed by atoms with Gasteiger partial charge in [-0.15, -0.1) is 0 Å². The third kappa shape index (κ3) is 22.7. The van der Waals surface area contributed by atoms with Crippen LogP contribution in [-0.4, -0.2) is 190 Å². The molecule has 2 aromatic rings. The molecule has 20 N–H and O–H groups in total. The van der Waals surface area contributed by atoms with E-state index in [-0.39, 0.29) is 17.9 Å². The highest BCUT2D eigenvalue weighted by Crippen LogP contribution is 2.13. The molecule has 0 saturated carbocycles. The summed E-state index contributed by atoms with van der Waals surface area (Å²) in [5.74, 6) is -16.8. The molecule has 0 aliphatic carbocycles. The number of carbonyl (C=O) groups is 13. The largest absolute Gasteiger partial charge is 0.508 e. The quantitative estimate of drug-likeness (QED) is 0.0310. The maximum absolute atomic E-state index is 14.0. The number of nitrogens with one attached hydrogen (secondary N) is 9. The van der Waals surface area contributed by atoms with E-state index in [1.54, 1.807) is 0 Å². The number of aromatic nitrogens is 2. The lowest BCUT2D eigenvalue weighted by atomic mass is 10.0. The molecule has 0 radical (unpaired) electrons. The lowest BCUT2D eigenvalue weighted by Crippen LogP contribution is -2.61. The van der Waals surface area contributed by atoms with Crippen LogP contribution in [0.3, 0.4) is 0 Å². The fourth-order valence-corrected chi connectivity index (χ4v) is 6.51. The van der Waals surface area contributed by atoms with Crippen LogP contribution in [0.4, 0.5) is 0 Å². The molecule has 2 rings (SSSR count). The summed E-state index contributed by atoms with van der Waals surface area (Å²) >= 11 is 0. The molecule has 75 heavy (non-hydrogen) atoms. The molecule has 0 spiro atoms. The van der Waals surface area contributed by atoms with E-state index in [1.165, 1.54) is 36.8 Å². The highest BCUT2D eigenvalue weighted by molar-refractivity contribution is 5.99. The molecule has 9 atom stereocenters. The van der Waals surface area contributed by atoms with E-state index in [4.69, 9.17) is 21.7 Å². The Bertz CT molecular complexity index is 2370. The van der Waals surface area contributed by atoms with E-state index in [0.29, 0.717) is 5.56 Å². The Morgan fingerprint density at radius 1 is 0.533 bits per heavy atom. The van der Waals surface area contributed by atoms with Gasteiger partial charge in [-0.2, -0.15) is 0 Å². The average molecular weight is 1070 g/mol. The molecule has 32 heteroatoms. The van der Waals surface area contributed by atoms with Gasteiger partial charge in [-0.25, -0.2) is 9.78 Å². The summed E-state index contributed by atoms with van der Waals surface area (Å²) in [6.07, 6.45) is -3.49. The van der Waals surface area contributed by atoms with E-state index in [0.717, 1.165) is 6.92 Å². The second kappa shape index (κ2) is 31.0. The van der Waals surface area contributed by atoms with Gasteiger partial charge in [0.1, 0.15) is 60.1 Å². The Morgan fingerprint density at radius 2 is 0.947 bits per heavy atom. The van der Waals surface area contributed by atoms with Crippen LogP contribution >= 0.6 is 0 Å². The number of aliphatic hydroxyl groups excluding tert-OH is 2. The zero-order valence-electron chi connectivity index (χ0n) is 40.0. The number of rotatable bonds is 34. The number of aliphatic carboxylic acids is 4. The smallest absolute Gasteiger partial charge is 0.326 e. The van der Waals surface area contributed by atoms with Crippen molar-refractivity contribution in [3.05, 3.63) is 48.0 Å². The summed E-state index contributed by atoms with van der Waals surface area (Å²) in [5, 5.41) is 83.7. The van der Waals surface area contributed by atoms with Crippen molar-refractivity contribution < 1.29 is 98.1 Å². The molecule has 32 nitrogen and oxygen atoms in total. The van der Waals surface area contributed by atoms with Gasteiger partial charge >= 0.3 is 23.9 Å². The maximum Gasteiger partial charge on any atom is 0.326 e. The number of H-pyrrole nitrogens is 1.